The first kappa shape index (κ1) is 23.1. The summed E-state index contributed by atoms with van der Waals surface area (Å²) in [6.07, 6.45) is 3.24. The van der Waals surface area contributed by atoms with Gasteiger partial charge in [-0.05, 0) is 36.3 Å². The molecule has 0 aliphatic carbocycles. The predicted octanol–water partition coefficient (Wildman–Crippen LogP) is 2.89. The second-order valence-electron chi connectivity index (χ2n) is 7.54. The van der Waals surface area contributed by atoms with E-state index in [9.17, 15) is 14.4 Å². The number of allylic oxidation sites excluding steroid dienone is 1. The molecule has 1 aromatic heterocycles. The number of hydrogen-bond acceptors (Lipinski definition) is 7. The zero-order valence-corrected chi connectivity index (χ0v) is 19.5. The fourth-order valence-corrected chi connectivity index (χ4v) is 4.74. The normalized spacial score (nSPS) is 15.4. The van der Waals surface area contributed by atoms with Crippen molar-refractivity contribution in [3.8, 4) is 5.75 Å². The van der Waals surface area contributed by atoms with Gasteiger partial charge in [-0.25, -0.2) is 9.79 Å². The smallest absolute Gasteiger partial charge is 0.338 e. The Labute approximate surface area is 199 Å². The van der Waals surface area contributed by atoms with E-state index in [1.807, 2.05) is 30.3 Å². The highest BCUT2D eigenvalue weighted by atomic mass is 32.1. The van der Waals surface area contributed by atoms with E-state index >= 15 is 0 Å². The molecule has 0 saturated heterocycles. The molecule has 0 amide bonds. The zero-order chi connectivity index (χ0) is 24.2. The summed E-state index contributed by atoms with van der Waals surface area (Å²) in [5.74, 6) is -0.515. The molecule has 0 N–H and O–H groups in total. The van der Waals surface area contributed by atoms with Crippen molar-refractivity contribution in [3.05, 3.63) is 109 Å². The molecule has 1 aliphatic rings. The van der Waals surface area contributed by atoms with Crippen molar-refractivity contribution < 1.29 is 19.1 Å². The molecule has 3 aromatic rings. The van der Waals surface area contributed by atoms with Crippen molar-refractivity contribution in [1.82, 2.24) is 4.57 Å². The van der Waals surface area contributed by atoms with Gasteiger partial charge in [-0.15, -0.1) is 0 Å². The van der Waals surface area contributed by atoms with E-state index in [-0.39, 0.29) is 12.2 Å². The first-order valence-corrected chi connectivity index (χ1v) is 11.3. The van der Waals surface area contributed by atoms with Crippen LogP contribution in [0.4, 0.5) is 0 Å². The molecule has 0 radical (unpaired) electrons. The van der Waals surface area contributed by atoms with Gasteiger partial charge in [0.15, 0.2) is 4.80 Å². The molecule has 1 atom stereocenters. The van der Waals surface area contributed by atoms with Crippen LogP contribution in [0.1, 0.15) is 31.0 Å². The van der Waals surface area contributed by atoms with E-state index in [1.54, 1.807) is 37.3 Å². The van der Waals surface area contributed by atoms with Crippen LogP contribution >= 0.6 is 11.3 Å². The molecule has 2 heterocycles. The number of rotatable bonds is 6. The largest absolute Gasteiger partial charge is 0.458 e. The van der Waals surface area contributed by atoms with E-state index in [0.29, 0.717) is 26.4 Å². The van der Waals surface area contributed by atoms with Gasteiger partial charge in [0, 0.05) is 6.92 Å². The van der Waals surface area contributed by atoms with Gasteiger partial charge in [-0.1, -0.05) is 66.5 Å². The maximum absolute atomic E-state index is 13.5. The van der Waals surface area contributed by atoms with Gasteiger partial charge in [0.05, 0.1) is 21.8 Å². The second-order valence-corrected chi connectivity index (χ2v) is 8.55. The van der Waals surface area contributed by atoms with E-state index in [2.05, 4.69) is 11.6 Å². The Bertz CT molecular complexity index is 1460. The summed E-state index contributed by atoms with van der Waals surface area (Å²) in [5, 5.41) is 0. The second kappa shape index (κ2) is 9.84. The topological polar surface area (TPSA) is 87.0 Å². The first-order chi connectivity index (χ1) is 16.4. The lowest BCUT2D eigenvalue weighted by Gasteiger charge is -2.24. The average Bonchev–Trinajstić information content (AvgIpc) is 3.12. The third kappa shape index (κ3) is 4.67. The molecule has 4 rings (SSSR count). The minimum absolute atomic E-state index is 0.0604. The van der Waals surface area contributed by atoms with Crippen molar-refractivity contribution >= 4 is 29.4 Å². The summed E-state index contributed by atoms with van der Waals surface area (Å²) < 4.78 is 12.4. The Kier molecular flexibility index (Phi) is 6.70. The number of thiazole rings is 1. The van der Waals surface area contributed by atoms with Crippen LogP contribution in [-0.2, 0) is 14.3 Å². The number of benzene rings is 2. The van der Waals surface area contributed by atoms with Gasteiger partial charge in [-0.2, -0.15) is 0 Å². The van der Waals surface area contributed by atoms with E-state index in [0.717, 1.165) is 11.1 Å². The standard InChI is InChI=1S/C26H22N2O5S/c1-4-14-32-25(31)22-16(2)27-26-28(23(22)19-8-6-5-7-9-19)24(30)21(34-26)15-18-10-12-20(13-11-18)33-17(3)29/h4-13,15,23H,1,14H2,2-3H3/b21-15-/t23-/m1/s1. The summed E-state index contributed by atoms with van der Waals surface area (Å²) in [6, 6.07) is 15.5. The highest BCUT2D eigenvalue weighted by Gasteiger charge is 2.33. The average molecular weight is 475 g/mol. The van der Waals surface area contributed by atoms with Gasteiger partial charge in [0.25, 0.3) is 5.56 Å². The Morgan fingerprint density at radius 2 is 1.85 bits per heavy atom. The quantitative estimate of drug-likeness (QED) is 0.312. The van der Waals surface area contributed by atoms with Crippen molar-refractivity contribution in [2.45, 2.75) is 19.9 Å². The minimum atomic E-state index is -0.664. The molecule has 0 unspecified atom stereocenters. The van der Waals surface area contributed by atoms with Crippen molar-refractivity contribution in [3.63, 3.8) is 0 Å². The molecule has 2 aromatic carbocycles. The lowest BCUT2D eigenvalue weighted by Crippen LogP contribution is -2.39. The van der Waals surface area contributed by atoms with E-state index in [1.165, 1.54) is 28.9 Å². The van der Waals surface area contributed by atoms with E-state index in [4.69, 9.17) is 9.47 Å². The number of carbonyl (C=O) groups is 2. The van der Waals surface area contributed by atoms with Crippen molar-refractivity contribution in [1.29, 1.82) is 0 Å². The summed E-state index contributed by atoms with van der Waals surface area (Å²) in [6.45, 7) is 6.72. The lowest BCUT2D eigenvalue weighted by atomic mass is 9.96. The van der Waals surface area contributed by atoms with Crippen LogP contribution in [0.2, 0.25) is 0 Å². The van der Waals surface area contributed by atoms with Crippen LogP contribution in [0.3, 0.4) is 0 Å². The molecule has 0 spiro atoms. The molecule has 8 heteroatoms. The summed E-state index contributed by atoms with van der Waals surface area (Å²) in [4.78, 5) is 42.6. The molecular formula is C26H22N2O5S. The predicted molar refractivity (Wildman–Crippen MR) is 129 cm³/mol. The van der Waals surface area contributed by atoms with Crippen LogP contribution < -0.4 is 19.6 Å². The van der Waals surface area contributed by atoms with Gasteiger partial charge in [-0.3, -0.25) is 14.2 Å². The molecule has 0 saturated carbocycles. The number of ether oxygens (including phenoxy) is 2. The minimum Gasteiger partial charge on any atom is -0.458 e. The zero-order valence-electron chi connectivity index (χ0n) is 18.7. The first-order valence-electron chi connectivity index (χ1n) is 10.5. The highest BCUT2D eigenvalue weighted by Crippen LogP contribution is 2.30. The van der Waals surface area contributed by atoms with Crippen molar-refractivity contribution in [2.24, 2.45) is 4.99 Å². The molecule has 0 bridgehead atoms. The fourth-order valence-electron chi connectivity index (χ4n) is 3.70. The number of nitrogens with zero attached hydrogens (tertiary/aromatic N) is 2. The fraction of sp³-hybridized carbons (Fsp3) is 0.154. The SMILES string of the molecule is C=CCOC(=O)C1=C(C)N=c2s/c(=C\c3ccc(OC(C)=O)cc3)c(=O)n2[C@@H]1c1ccccc1. The Hall–Kier alpha value is -4.04. The van der Waals surface area contributed by atoms with Crippen LogP contribution in [-0.4, -0.2) is 23.1 Å². The maximum atomic E-state index is 13.5. The van der Waals surface area contributed by atoms with Gasteiger partial charge >= 0.3 is 11.9 Å². The summed E-state index contributed by atoms with van der Waals surface area (Å²) >= 11 is 1.25. The molecule has 1 aliphatic heterocycles. The number of aromatic nitrogens is 1. The number of fused-ring (bicyclic) bond motifs is 1. The highest BCUT2D eigenvalue weighted by molar-refractivity contribution is 7.07. The number of esters is 2. The molecular weight excluding hydrogens is 452 g/mol. The van der Waals surface area contributed by atoms with Gasteiger partial charge in [0.2, 0.25) is 0 Å². The van der Waals surface area contributed by atoms with Crippen molar-refractivity contribution in [2.75, 3.05) is 6.61 Å². The van der Waals surface area contributed by atoms with E-state index < -0.39 is 18.0 Å². The Balaban J connectivity index is 1.84. The monoisotopic (exact) mass is 474 g/mol. The molecule has 7 nitrogen and oxygen atoms in total. The third-order valence-electron chi connectivity index (χ3n) is 5.13. The molecule has 34 heavy (non-hydrogen) atoms. The van der Waals surface area contributed by atoms with Gasteiger partial charge in [0.1, 0.15) is 12.4 Å². The Morgan fingerprint density at radius 3 is 2.50 bits per heavy atom. The number of carbonyl (C=O) groups excluding carboxylic acids is 2. The van der Waals surface area contributed by atoms with Crippen LogP contribution in [0.25, 0.3) is 6.08 Å². The maximum Gasteiger partial charge on any atom is 0.338 e. The van der Waals surface area contributed by atoms with Crippen LogP contribution in [0, 0.1) is 0 Å². The lowest BCUT2D eigenvalue weighted by molar-refractivity contribution is -0.138. The van der Waals surface area contributed by atoms with Crippen LogP contribution in [0.15, 0.2) is 88.3 Å². The number of hydrogen-bond donors (Lipinski definition) is 0. The molecule has 0 fully saturated rings. The molecule has 172 valence electrons. The summed E-state index contributed by atoms with van der Waals surface area (Å²) in [7, 11) is 0. The third-order valence-corrected chi connectivity index (χ3v) is 6.11. The summed E-state index contributed by atoms with van der Waals surface area (Å²) in [5.41, 5.74) is 2.10. The van der Waals surface area contributed by atoms with Crippen LogP contribution in [0.5, 0.6) is 5.75 Å². The Morgan fingerprint density at radius 1 is 1.15 bits per heavy atom. The van der Waals surface area contributed by atoms with Gasteiger partial charge < -0.3 is 9.47 Å².